The van der Waals surface area contributed by atoms with Gasteiger partial charge < -0.3 is 23.8 Å². The third kappa shape index (κ3) is 39.2. The summed E-state index contributed by atoms with van der Waals surface area (Å²) in [4.78, 5) is 28.1. The maximum absolute atomic E-state index is 12.9. The van der Waals surface area contributed by atoms with Gasteiger partial charge in [-0.15, -0.1) is 0 Å². The van der Waals surface area contributed by atoms with Crippen LogP contribution in [-0.2, 0) is 28.5 Å². The lowest BCUT2D eigenvalue weighted by Crippen LogP contribution is -2.32. The average molecular weight is 883 g/mol. The predicted octanol–water partition coefficient (Wildman–Crippen LogP) is 14.5. The highest BCUT2D eigenvalue weighted by molar-refractivity contribution is 7.97. The smallest absolute Gasteiger partial charge is 0.306 e. The summed E-state index contributed by atoms with van der Waals surface area (Å²) in [6, 6.07) is 0. The Morgan fingerprint density at radius 2 is 0.967 bits per heavy atom. The second-order valence-electron chi connectivity index (χ2n) is 18.3. The van der Waals surface area contributed by atoms with Crippen LogP contribution in [0.5, 0.6) is 0 Å². The average Bonchev–Trinajstić information content (AvgIpc) is 3.27. The van der Waals surface area contributed by atoms with Gasteiger partial charge in [-0.1, -0.05) is 174 Å². The van der Waals surface area contributed by atoms with E-state index in [-0.39, 0.29) is 30.3 Å². The van der Waals surface area contributed by atoms with Crippen LogP contribution >= 0.6 is 11.9 Å². The molecule has 61 heavy (non-hydrogen) atoms. The maximum Gasteiger partial charge on any atom is 0.306 e. The van der Waals surface area contributed by atoms with Gasteiger partial charge in [0.05, 0.1) is 25.9 Å². The summed E-state index contributed by atoms with van der Waals surface area (Å²) in [7, 11) is 0. The fourth-order valence-corrected chi connectivity index (χ4v) is 9.18. The quantitative estimate of drug-likeness (QED) is 0.0365. The standard InChI is InChI=1S/C52H102N2O6S/c1-5-9-12-15-20-27-35-48(8-4)59-51(55)38-30-23-18-25-32-41-54(43-34-40-53-61-47-50-46-57-44-45-58-50)42-33-26-19-24-31-39-52(56)60-49(36-28-21-16-13-10-6-2)37-29-22-17-14-11-7-3/h48-50,53H,5-47H2,1-4H3. The van der Waals surface area contributed by atoms with Crippen molar-refractivity contribution in [2.24, 2.45) is 0 Å². The second kappa shape index (κ2) is 45.7. The Hall–Kier alpha value is -0.870. The molecule has 1 rings (SSSR count). The van der Waals surface area contributed by atoms with E-state index in [2.05, 4.69) is 37.3 Å². The number of unbranched alkanes of at least 4 members (excludes halogenated alkanes) is 23. The number of nitrogens with zero attached hydrogens (tertiary/aromatic N) is 1. The molecule has 0 saturated carbocycles. The van der Waals surface area contributed by atoms with Crippen LogP contribution in [0.25, 0.3) is 0 Å². The van der Waals surface area contributed by atoms with E-state index in [1.54, 1.807) is 11.9 Å². The Morgan fingerprint density at radius 3 is 1.44 bits per heavy atom. The summed E-state index contributed by atoms with van der Waals surface area (Å²) in [6.07, 6.45) is 41.1. The highest BCUT2D eigenvalue weighted by Crippen LogP contribution is 2.19. The summed E-state index contributed by atoms with van der Waals surface area (Å²) in [5.41, 5.74) is 0. The number of esters is 2. The first-order valence-electron chi connectivity index (χ1n) is 26.7. The lowest BCUT2D eigenvalue weighted by molar-refractivity contribution is -0.150. The maximum atomic E-state index is 12.9. The second-order valence-corrected chi connectivity index (χ2v) is 19.2. The molecule has 0 amide bonds. The van der Waals surface area contributed by atoms with E-state index >= 15 is 0 Å². The normalized spacial score (nSPS) is 14.9. The van der Waals surface area contributed by atoms with E-state index < -0.39 is 0 Å². The molecule has 0 spiro atoms. The molecule has 0 bridgehead atoms. The van der Waals surface area contributed by atoms with E-state index in [9.17, 15) is 9.59 Å². The largest absolute Gasteiger partial charge is 0.462 e. The fourth-order valence-electron chi connectivity index (χ4n) is 8.39. The summed E-state index contributed by atoms with van der Waals surface area (Å²) < 4.78 is 26.8. The first-order chi connectivity index (χ1) is 30.0. The van der Waals surface area contributed by atoms with Crippen LogP contribution in [-0.4, -0.2) is 86.9 Å². The van der Waals surface area contributed by atoms with Crippen molar-refractivity contribution in [1.29, 1.82) is 0 Å². The summed E-state index contributed by atoms with van der Waals surface area (Å²) >= 11 is 1.76. The van der Waals surface area contributed by atoms with Crippen molar-refractivity contribution in [3.05, 3.63) is 0 Å². The van der Waals surface area contributed by atoms with Crippen molar-refractivity contribution in [1.82, 2.24) is 9.62 Å². The molecule has 2 atom stereocenters. The molecule has 1 N–H and O–H groups in total. The van der Waals surface area contributed by atoms with Crippen molar-refractivity contribution in [3.8, 4) is 0 Å². The van der Waals surface area contributed by atoms with Crippen molar-refractivity contribution in [2.75, 3.05) is 51.8 Å². The third-order valence-corrected chi connectivity index (χ3v) is 13.4. The van der Waals surface area contributed by atoms with Crippen molar-refractivity contribution in [2.45, 2.75) is 271 Å². The molecule has 8 nitrogen and oxygen atoms in total. The van der Waals surface area contributed by atoms with Crippen LogP contribution in [0.1, 0.15) is 252 Å². The van der Waals surface area contributed by atoms with Crippen molar-refractivity contribution < 1.29 is 28.5 Å². The number of hydrogen-bond acceptors (Lipinski definition) is 9. The Morgan fingerprint density at radius 1 is 0.541 bits per heavy atom. The predicted molar refractivity (Wildman–Crippen MR) is 262 cm³/mol. The van der Waals surface area contributed by atoms with Gasteiger partial charge in [0, 0.05) is 25.1 Å². The molecule has 0 aromatic carbocycles. The van der Waals surface area contributed by atoms with Crippen LogP contribution in [0, 0.1) is 0 Å². The molecule has 0 aromatic rings. The van der Waals surface area contributed by atoms with Gasteiger partial charge >= 0.3 is 11.9 Å². The number of ether oxygens (including phenoxy) is 4. The number of hydrogen-bond donors (Lipinski definition) is 1. The summed E-state index contributed by atoms with van der Waals surface area (Å²) in [5.74, 6) is 0.959. The van der Waals surface area contributed by atoms with E-state index in [0.29, 0.717) is 32.7 Å². The molecule has 0 aliphatic carbocycles. The van der Waals surface area contributed by atoms with E-state index in [1.165, 1.54) is 154 Å². The van der Waals surface area contributed by atoms with Gasteiger partial charge in [0.1, 0.15) is 12.2 Å². The number of rotatable bonds is 47. The molecule has 2 unspecified atom stereocenters. The first kappa shape index (κ1) is 58.1. The lowest BCUT2D eigenvalue weighted by atomic mass is 10.0. The number of nitrogens with one attached hydrogen (secondary N) is 1. The van der Waals surface area contributed by atoms with Crippen LogP contribution in [0.3, 0.4) is 0 Å². The van der Waals surface area contributed by atoms with Crippen LogP contribution < -0.4 is 4.72 Å². The topological polar surface area (TPSA) is 86.3 Å². The van der Waals surface area contributed by atoms with Gasteiger partial charge in [0.25, 0.3) is 0 Å². The lowest BCUT2D eigenvalue weighted by Gasteiger charge is -2.23. The summed E-state index contributed by atoms with van der Waals surface area (Å²) in [5, 5.41) is 0. The van der Waals surface area contributed by atoms with Gasteiger partial charge in [-0.2, -0.15) is 0 Å². The van der Waals surface area contributed by atoms with Gasteiger partial charge in [-0.05, 0) is 96.7 Å². The molecule has 1 aliphatic heterocycles. The highest BCUT2D eigenvalue weighted by Gasteiger charge is 2.16. The third-order valence-electron chi connectivity index (χ3n) is 12.4. The molecule has 0 radical (unpaired) electrons. The minimum absolute atomic E-state index is 0.00144. The van der Waals surface area contributed by atoms with Gasteiger partial charge in [-0.25, -0.2) is 0 Å². The Balaban J connectivity index is 2.34. The molecular formula is C52H102N2O6S. The molecule has 1 saturated heterocycles. The molecular weight excluding hydrogens is 781 g/mol. The Bertz CT molecular complexity index is 922. The highest BCUT2D eigenvalue weighted by atomic mass is 32.2. The molecule has 9 heteroatoms. The fraction of sp³-hybridized carbons (Fsp3) is 0.962. The minimum Gasteiger partial charge on any atom is -0.462 e. The van der Waals surface area contributed by atoms with Crippen LogP contribution in [0.4, 0.5) is 0 Å². The molecule has 0 aromatic heterocycles. The van der Waals surface area contributed by atoms with Gasteiger partial charge in [0.2, 0.25) is 0 Å². The number of carbonyl (C=O) groups excluding carboxylic acids is 2. The van der Waals surface area contributed by atoms with Crippen molar-refractivity contribution in [3.63, 3.8) is 0 Å². The molecule has 1 aliphatic rings. The van der Waals surface area contributed by atoms with Crippen molar-refractivity contribution >= 4 is 23.9 Å². The molecule has 1 heterocycles. The van der Waals surface area contributed by atoms with Gasteiger partial charge in [0.15, 0.2) is 0 Å². The van der Waals surface area contributed by atoms with E-state index in [4.69, 9.17) is 18.9 Å². The Labute approximate surface area is 383 Å². The number of carbonyl (C=O) groups is 2. The zero-order valence-corrected chi connectivity index (χ0v) is 41.8. The van der Waals surface area contributed by atoms with E-state index in [1.807, 2.05) is 0 Å². The van der Waals surface area contributed by atoms with Crippen LogP contribution in [0.2, 0.25) is 0 Å². The molecule has 362 valence electrons. The SMILES string of the molecule is CCCCCCCCC(CC)OC(=O)CCCCCCCN(CCCCCCCC(=O)OC(CCCCCCCC)CCCCCCCC)CCCNSCC1COCCO1. The summed E-state index contributed by atoms with van der Waals surface area (Å²) in [6.45, 7) is 15.5. The zero-order valence-electron chi connectivity index (χ0n) is 40.9. The van der Waals surface area contributed by atoms with Gasteiger partial charge in [-0.3, -0.25) is 14.3 Å². The van der Waals surface area contributed by atoms with E-state index in [0.717, 1.165) is 89.7 Å². The monoisotopic (exact) mass is 883 g/mol. The molecule has 1 fully saturated rings. The first-order valence-corrected chi connectivity index (χ1v) is 27.7. The van der Waals surface area contributed by atoms with Crippen LogP contribution in [0.15, 0.2) is 0 Å². The zero-order chi connectivity index (χ0) is 44.1. The Kier molecular flexibility index (Phi) is 43.6. The minimum atomic E-state index is 0.00144.